The van der Waals surface area contributed by atoms with E-state index >= 15 is 0 Å². The van der Waals surface area contributed by atoms with Crippen molar-refractivity contribution in [3.05, 3.63) is 23.8 Å². The van der Waals surface area contributed by atoms with Crippen molar-refractivity contribution in [2.75, 3.05) is 51.0 Å². The first-order chi connectivity index (χ1) is 9.58. The van der Waals surface area contributed by atoms with E-state index in [4.69, 9.17) is 15.6 Å². The van der Waals surface area contributed by atoms with Gasteiger partial charge in [0.05, 0.1) is 19.8 Å². The summed E-state index contributed by atoms with van der Waals surface area (Å²) in [5.74, 6) is -0.136. The summed E-state index contributed by atoms with van der Waals surface area (Å²) < 4.78 is 4.98. The Morgan fingerprint density at radius 1 is 1.45 bits per heavy atom. The van der Waals surface area contributed by atoms with Crippen molar-refractivity contribution in [3.8, 4) is 0 Å². The fourth-order valence-electron chi connectivity index (χ4n) is 1.81. The van der Waals surface area contributed by atoms with Gasteiger partial charge in [0.25, 0.3) is 0 Å². The molecule has 112 valence electrons. The molecule has 0 fully saturated rings. The van der Waals surface area contributed by atoms with Gasteiger partial charge in [-0.1, -0.05) is 6.07 Å². The van der Waals surface area contributed by atoms with E-state index in [9.17, 15) is 4.79 Å². The number of methoxy groups -OCH3 is 1. The van der Waals surface area contributed by atoms with E-state index in [0.717, 1.165) is 5.56 Å². The van der Waals surface area contributed by atoms with Crippen LogP contribution in [0.2, 0.25) is 0 Å². The van der Waals surface area contributed by atoms with Crippen LogP contribution >= 0.6 is 0 Å². The topological polar surface area (TPSA) is 87.8 Å². The summed E-state index contributed by atoms with van der Waals surface area (Å²) in [6.07, 6.45) is 0. The Morgan fingerprint density at radius 3 is 2.85 bits per heavy atom. The Kier molecular flexibility index (Phi) is 7.00. The normalized spacial score (nSPS) is 10.8. The lowest BCUT2D eigenvalue weighted by Gasteiger charge is -2.20. The van der Waals surface area contributed by atoms with Crippen LogP contribution < -0.4 is 11.1 Å². The summed E-state index contributed by atoms with van der Waals surface area (Å²) in [7, 11) is 1.60. The third-order valence-electron chi connectivity index (χ3n) is 3.04. The highest BCUT2D eigenvalue weighted by Crippen LogP contribution is 2.20. The number of nitrogens with one attached hydrogen (secondary N) is 1. The molecule has 1 aromatic carbocycles. The number of aliphatic hydroxyl groups is 1. The van der Waals surface area contributed by atoms with Gasteiger partial charge in [0, 0.05) is 31.6 Å². The quantitative estimate of drug-likeness (QED) is 0.602. The fraction of sp³-hybridized carbons (Fsp3) is 0.500. The molecule has 0 radical (unpaired) electrons. The van der Waals surface area contributed by atoms with E-state index in [1.54, 1.807) is 19.2 Å². The maximum Gasteiger partial charge on any atom is 0.238 e. The van der Waals surface area contributed by atoms with E-state index in [1.165, 1.54) is 0 Å². The SMILES string of the molecule is COCCN(CCO)CC(=O)Nc1cccc(N)c1C. The molecule has 0 aliphatic heterocycles. The highest BCUT2D eigenvalue weighted by molar-refractivity contribution is 5.93. The molecule has 1 rings (SSSR count). The third kappa shape index (κ3) is 5.16. The van der Waals surface area contributed by atoms with Crippen LogP contribution in [0.15, 0.2) is 18.2 Å². The molecule has 20 heavy (non-hydrogen) atoms. The number of carbonyl (C=O) groups excluding carboxylic acids is 1. The van der Waals surface area contributed by atoms with Crippen molar-refractivity contribution >= 4 is 17.3 Å². The van der Waals surface area contributed by atoms with Crippen LogP contribution in [0.3, 0.4) is 0 Å². The molecule has 0 atom stereocenters. The van der Waals surface area contributed by atoms with E-state index in [2.05, 4.69) is 5.32 Å². The number of nitrogen functional groups attached to an aromatic ring is 1. The molecule has 6 nitrogen and oxygen atoms in total. The van der Waals surface area contributed by atoms with Gasteiger partial charge in [0.15, 0.2) is 0 Å². The molecule has 0 saturated heterocycles. The summed E-state index contributed by atoms with van der Waals surface area (Å²) in [5, 5.41) is 11.8. The summed E-state index contributed by atoms with van der Waals surface area (Å²) in [6, 6.07) is 5.41. The molecule has 0 saturated carbocycles. The lowest BCUT2D eigenvalue weighted by atomic mass is 10.1. The van der Waals surface area contributed by atoms with Crippen molar-refractivity contribution < 1.29 is 14.6 Å². The number of benzene rings is 1. The van der Waals surface area contributed by atoms with Gasteiger partial charge in [-0.15, -0.1) is 0 Å². The minimum Gasteiger partial charge on any atom is -0.398 e. The lowest BCUT2D eigenvalue weighted by molar-refractivity contribution is -0.117. The number of amides is 1. The number of carbonyl (C=O) groups is 1. The molecular formula is C14H23N3O3. The number of rotatable bonds is 8. The molecule has 0 unspecified atom stereocenters. The number of anilines is 2. The van der Waals surface area contributed by atoms with E-state index in [0.29, 0.717) is 31.1 Å². The maximum atomic E-state index is 12.0. The van der Waals surface area contributed by atoms with Gasteiger partial charge in [-0.3, -0.25) is 9.69 Å². The number of aliphatic hydroxyl groups excluding tert-OH is 1. The third-order valence-corrected chi connectivity index (χ3v) is 3.04. The predicted molar refractivity (Wildman–Crippen MR) is 79.6 cm³/mol. The number of nitrogens with zero attached hydrogens (tertiary/aromatic N) is 1. The standard InChI is InChI=1S/C14H23N3O3/c1-11-12(15)4-3-5-13(11)16-14(19)10-17(6-8-18)7-9-20-2/h3-5,18H,6-10,15H2,1-2H3,(H,16,19). The Balaban J connectivity index is 2.58. The molecular weight excluding hydrogens is 258 g/mol. The molecule has 1 aromatic rings. The van der Waals surface area contributed by atoms with Crippen LogP contribution in [0.4, 0.5) is 11.4 Å². The fourth-order valence-corrected chi connectivity index (χ4v) is 1.81. The molecule has 0 aliphatic carbocycles. The van der Waals surface area contributed by atoms with Crippen molar-refractivity contribution in [1.29, 1.82) is 0 Å². The van der Waals surface area contributed by atoms with Crippen LogP contribution in [-0.4, -0.2) is 55.9 Å². The van der Waals surface area contributed by atoms with Crippen molar-refractivity contribution in [1.82, 2.24) is 4.90 Å². The van der Waals surface area contributed by atoms with Crippen LogP contribution in [0.25, 0.3) is 0 Å². The minimum atomic E-state index is -0.136. The second kappa shape index (κ2) is 8.52. The minimum absolute atomic E-state index is 0.00824. The van der Waals surface area contributed by atoms with Gasteiger partial charge >= 0.3 is 0 Å². The Bertz CT molecular complexity index is 438. The summed E-state index contributed by atoms with van der Waals surface area (Å²) >= 11 is 0. The lowest BCUT2D eigenvalue weighted by Crippen LogP contribution is -2.37. The molecule has 0 aliphatic rings. The Morgan fingerprint density at radius 2 is 2.20 bits per heavy atom. The first kappa shape index (κ1) is 16.4. The number of hydrogen-bond acceptors (Lipinski definition) is 5. The van der Waals surface area contributed by atoms with Gasteiger partial charge < -0.3 is 20.9 Å². The highest BCUT2D eigenvalue weighted by Gasteiger charge is 2.11. The molecule has 0 bridgehead atoms. The first-order valence-corrected chi connectivity index (χ1v) is 6.55. The summed E-state index contributed by atoms with van der Waals surface area (Å²) in [4.78, 5) is 13.8. The molecule has 0 heterocycles. The molecule has 6 heteroatoms. The smallest absolute Gasteiger partial charge is 0.238 e. The van der Waals surface area contributed by atoms with E-state index in [1.807, 2.05) is 17.9 Å². The predicted octanol–water partition coefficient (Wildman–Crippen LogP) is 0.456. The van der Waals surface area contributed by atoms with Crippen LogP contribution in [0.5, 0.6) is 0 Å². The van der Waals surface area contributed by atoms with Crippen molar-refractivity contribution in [2.45, 2.75) is 6.92 Å². The summed E-state index contributed by atoms with van der Waals surface area (Å²) in [6.45, 7) is 3.63. The second-order valence-corrected chi connectivity index (χ2v) is 4.56. The van der Waals surface area contributed by atoms with Gasteiger partial charge in [0.2, 0.25) is 5.91 Å². The zero-order valence-corrected chi connectivity index (χ0v) is 12.1. The van der Waals surface area contributed by atoms with E-state index in [-0.39, 0.29) is 19.1 Å². The number of ether oxygens (including phenoxy) is 1. The monoisotopic (exact) mass is 281 g/mol. The Hall–Kier alpha value is -1.63. The zero-order valence-electron chi connectivity index (χ0n) is 12.1. The Labute approximate surface area is 119 Å². The highest BCUT2D eigenvalue weighted by atomic mass is 16.5. The molecule has 1 amide bonds. The second-order valence-electron chi connectivity index (χ2n) is 4.56. The molecule has 0 spiro atoms. The average Bonchev–Trinajstić information content (AvgIpc) is 2.41. The first-order valence-electron chi connectivity index (χ1n) is 6.55. The van der Waals surface area contributed by atoms with Crippen LogP contribution in [-0.2, 0) is 9.53 Å². The largest absolute Gasteiger partial charge is 0.398 e. The van der Waals surface area contributed by atoms with Crippen molar-refractivity contribution in [2.24, 2.45) is 0 Å². The molecule has 0 aromatic heterocycles. The van der Waals surface area contributed by atoms with Gasteiger partial charge in [-0.05, 0) is 24.6 Å². The van der Waals surface area contributed by atoms with E-state index < -0.39 is 0 Å². The van der Waals surface area contributed by atoms with Crippen molar-refractivity contribution in [3.63, 3.8) is 0 Å². The van der Waals surface area contributed by atoms with Crippen LogP contribution in [0, 0.1) is 6.92 Å². The van der Waals surface area contributed by atoms with Crippen LogP contribution in [0.1, 0.15) is 5.56 Å². The average molecular weight is 281 g/mol. The zero-order chi connectivity index (χ0) is 15.0. The van der Waals surface area contributed by atoms with Gasteiger partial charge in [-0.25, -0.2) is 0 Å². The van der Waals surface area contributed by atoms with Gasteiger partial charge in [0.1, 0.15) is 0 Å². The van der Waals surface area contributed by atoms with Gasteiger partial charge in [-0.2, -0.15) is 0 Å². The molecule has 4 N–H and O–H groups in total. The number of hydrogen-bond donors (Lipinski definition) is 3. The summed E-state index contributed by atoms with van der Waals surface area (Å²) in [5.41, 5.74) is 8.01. The maximum absolute atomic E-state index is 12.0. The number of nitrogens with two attached hydrogens (primary N) is 1.